The second-order valence-electron chi connectivity index (χ2n) is 7.08. The number of pyridine rings is 2. The summed E-state index contributed by atoms with van der Waals surface area (Å²) in [6, 6.07) is 6.81. The number of carbonyl (C=O) groups excluding carboxylic acids is 1. The number of halogens is 3. The molecule has 3 aromatic rings. The van der Waals surface area contributed by atoms with Gasteiger partial charge >= 0.3 is 0 Å². The molecule has 160 valence electrons. The van der Waals surface area contributed by atoms with Crippen molar-refractivity contribution in [2.45, 2.75) is 25.0 Å². The molecule has 1 fully saturated rings. The zero-order valence-electron chi connectivity index (χ0n) is 16.2. The van der Waals surface area contributed by atoms with Crippen LogP contribution in [0.1, 0.15) is 35.0 Å². The van der Waals surface area contributed by atoms with E-state index in [4.69, 9.17) is 4.74 Å². The number of carbonyl (C=O) groups is 1. The molecule has 1 aliphatic heterocycles. The van der Waals surface area contributed by atoms with Gasteiger partial charge in [0.2, 0.25) is 0 Å². The lowest BCUT2D eigenvalue weighted by atomic mass is 9.99. The van der Waals surface area contributed by atoms with Crippen LogP contribution < -0.4 is 5.32 Å². The van der Waals surface area contributed by atoms with Crippen LogP contribution in [0, 0.1) is 17.5 Å². The van der Waals surface area contributed by atoms with E-state index in [1.807, 2.05) is 0 Å². The number of benzene rings is 1. The average molecular weight is 429 g/mol. The van der Waals surface area contributed by atoms with Crippen LogP contribution in [0.15, 0.2) is 48.8 Å². The van der Waals surface area contributed by atoms with Gasteiger partial charge in [-0.05, 0) is 36.8 Å². The zero-order chi connectivity index (χ0) is 22.0. The van der Waals surface area contributed by atoms with Gasteiger partial charge in [0.05, 0.1) is 29.7 Å². The highest BCUT2D eigenvalue weighted by atomic mass is 19.1. The standard InChI is InChI=1S/C22H18F3N3O3/c23-14-2-1-3-15(24)20(14)21-16(25)4-5-17(27-21)22(30)28-18-11-26-8-6-13(18)19-10-12(29)7-9-31-19/h1-6,8,11-12,19,29H,7,9-10H2,(H,28,30)/t12-,19+/m0/s1. The number of nitrogens with one attached hydrogen (secondary N) is 1. The predicted octanol–water partition coefficient (Wildman–Crippen LogP) is 4.03. The lowest BCUT2D eigenvalue weighted by Gasteiger charge is -2.28. The highest BCUT2D eigenvalue weighted by Gasteiger charge is 2.26. The van der Waals surface area contributed by atoms with Crippen molar-refractivity contribution in [2.24, 2.45) is 0 Å². The first-order valence-electron chi connectivity index (χ1n) is 9.60. The van der Waals surface area contributed by atoms with Crippen molar-refractivity contribution in [2.75, 3.05) is 11.9 Å². The summed E-state index contributed by atoms with van der Waals surface area (Å²) in [4.78, 5) is 20.6. The second kappa shape index (κ2) is 8.83. The van der Waals surface area contributed by atoms with Crippen molar-refractivity contribution in [3.05, 3.63) is 77.5 Å². The maximum Gasteiger partial charge on any atom is 0.274 e. The quantitative estimate of drug-likeness (QED) is 0.654. The molecule has 1 aliphatic rings. The van der Waals surface area contributed by atoms with E-state index in [0.717, 1.165) is 30.3 Å². The van der Waals surface area contributed by atoms with Crippen molar-refractivity contribution in [3.8, 4) is 11.3 Å². The Morgan fingerprint density at radius 2 is 1.87 bits per heavy atom. The molecule has 0 spiro atoms. The largest absolute Gasteiger partial charge is 0.393 e. The van der Waals surface area contributed by atoms with Crippen molar-refractivity contribution in [3.63, 3.8) is 0 Å². The number of rotatable bonds is 4. The topological polar surface area (TPSA) is 84.3 Å². The van der Waals surface area contributed by atoms with Crippen LogP contribution >= 0.6 is 0 Å². The molecular weight excluding hydrogens is 411 g/mol. The van der Waals surface area contributed by atoms with Crippen molar-refractivity contribution < 1.29 is 27.8 Å². The Hall–Kier alpha value is -3.30. The maximum atomic E-state index is 14.3. The minimum Gasteiger partial charge on any atom is -0.393 e. The number of ether oxygens (including phenoxy) is 1. The number of hydrogen-bond acceptors (Lipinski definition) is 5. The SMILES string of the molecule is O=C(Nc1cnccc1[C@H]1C[C@@H](O)CCO1)c1ccc(F)c(-c2c(F)cccc2F)n1. The smallest absolute Gasteiger partial charge is 0.274 e. The number of hydrogen-bond donors (Lipinski definition) is 2. The molecule has 0 bridgehead atoms. The van der Waals surface area contributed by atoms with E-state index in [0.29, 0.717) is 30.7 Å². The third kappa shape index (κ3) is 4.42. The van der Waals surface area contributed by atoms with Gasteiger partial charge in [-0.1, -0.05) is 6.07 Å². The fraction of sp³-hybridized carbons (Fsp3) is 0.227. The Morgan fingerprint density at radius 1 is 1.10 bits per heavy atom. The normalized spacial score (nSPS) is 18.6. The zero-order valence-corrected chi connectivity index (χ0v) is 16.2. The summed E-state index contributed by atoms with van der Waals surface area (Å²) in [6.45, 7) is 0.374. The molecule has 0 radical (unpaired) electrons. The second-order valence-corrected chi connectivity index (χ2v) is 7.08. The van der Waals surface area contributed by atoms with E-state index in [9.17, 15) is 23.1 Å². The van der Waals surface area contributed by atoms with Gasteiger partial charge in [-0.15, -0.1) is 0 Å². The monoisotopic (exact) mass is 429 g/mol. The summed E-state index contributed by atoms with van der Waals surface area (Å²) in [5.41, 5.74) is -0.547. The molecule has 0 saturated carbocycles. The number of aliphatic hydroxyl groups excluding tert-OH is 1. The van der Waals surface area contributed by atoms with Crippen LogP contribution in [0.5, 0.6) is 0 Å². The molecule has 1 saturated heterocycles. The fourth-order valence-corrected chi connectivity index (χ4v) is 3.44. The van der Waals surface area contributed by atoms with Gasteiger partial charge < -0.3 is 15.2 Å². The summed E-state index contributed by atoms with van der Waals surface area (Å²) in [5, 5.41) is 12.5. The van der Waals surface area contributed by atoms with Crippen LogP contribution in [-0.2, 0) is 4.74 Å². The minimum atomic E-state index is -0.994. The van der Waals surface area contributed by atoms with Crippen LogP contribution in [-0.4, -0.2) is 33.7 Å². The summed E-state index contributed by atoms with van der Waals surface area (Å²) in [5.74, 6) is -3.67. The van der Waals surface area contributed by atoms with E-state index in [-0.39, 0.29) is 5.69 Å². The van der Waals surface area contributed by atoms with E-state index in [2.05, 4.69) is 15.3 Å². The summed E-state index contributed by atoms with van der Waals surface area (Å²) >= 11 is 0. The number of nitrogens with zero attached hydrogens (tertiary/aromatic N) is 2. The summed E-state index contributed by atoms with van der Waals surface area (Å²) in [6.07, 6.45) is 2.87. The van der Waals surface area contributed by atoms with Gasteiger partial charge in [0.1, 0.15) is 28.8 Å². The number of aliphatic hydroxyl groups is 1. The lowest BCUT2D eigenvalue weighted by Crippen LogP contribution is -2.25. The molecule has 1 amide bonds. The molecule has 6 nitrogen and oxygen atoms in total. The van der Waals surface area contributed by atoms with Crippen molar-refractivity contribution >= 4 is 11.6 Å². The van der Waals surface area contributed by atoms with Crippen LogP contribution in [0.25, 0.3) is 11.3 Å². The number of aromatic nitrogens is 2. The van der Waals surface area contributed by atoms with Gasteiger partial charge in [0.15, 0.2) is 0 Å². The van der Waals surface area contributed by atoms with Crippen LogP contribution in [0.4, 0.5) is 18.9 Å². The molecule has 2 aromatic heterocycles. The molecule has 4 rings (SSSR count). The molecule has 0 unspecified atom stereocenters. The molecule has 9 heteroatoms. The molecule has 2 N–H and O–H groups in total. The first kappa shape index (κ1) is 21.0. The van der Waals surface area contributed by atoms with E-state index in [1.165, 1.54) is 12.4 Å². The third-order valence-corrected chi connectivity index (χ3v) is 4.98. The van der Waals surface area contributed by atoms with E-state index < -0.39 is 46.8 Å². The van der Waals surface area contributed by atoms with Gasteiger partial charge in [-0.3, -0.25) is 9.78 Å². The van der Waals surface area contributed by atoms with Gasteiger partial charge in [0, 0.05) is 24.8 Å². The summed E-state index contributed by atoms with van der Waals surface area (Å²) < 4.78 is 48.2. The lowest BCUT2D eigenvalue weighted by molar-refractivity contribution is -0.0444. The fourth-order valence-electron chi connectivity index (χ4n) is 3.44. The molecular formula is C22H18F3N3O3. The van der Waals surface area contributed by atoms with E-state index >= 15 is 0 Å². The molecule has 0 aliphatic carbocycles. The van der Waals surface area contributed by atoms with Crippen molar-refractivity contribution in [1.29, 1.82) is 0 Å². The first-order chi connectivity index (χ1) is 14.9. The highest BCUT2D eigenvalue weighted by molar-refractivity contribution is 6.03. The van der Waals surface area contributed by atoms with Crippen LogP contribution in [0.3, 0.4) is 0 Å². The Morgan fingerprint density at radius 3 is 2.61 bits per heavy atom. The van der Waals surface area contributed by atoms with Crippen LogP contribution in [0.2, 0.25) is 0 Å². The van der Waals surface area contributed by atoms with Crippen molar-refractivity contribution in [1.82, 2.24) is 9.97 Å². The van der Waals surface area contributed by atoms with Gasteiger partial charge in [0.25, 0.3) is 5.91 Å². The minimum absolute atomic E-state index is 0.238. The predicted molar refractivity (Wildman–Crippen MR) is 106 cm³/mol. The summed E-state index contributed by atoms with van der Waals surface area (Å²) in [7, 11) is 0. The van der Waals surface area contributed by atoms with Gasteiger partial charge in [-0.2, -0.15) is 0 Å². The third-order valence-electron chi connectivity index (χ3n) is 4.98. The Labute approximate surface area is 175 Å². The Balaban J connectivity index is 1.64. The molecule has 31 heavy (non-hydrogen) atoms. The highest BCUT2D eigenvalue weighted by Crippen LogP contribution is 2.33. The number of amides is 1. The molecule has 3 heterocycles. The molecule has 2 atom stereocenters. The number of anilines is 1. The Bertz CT molecular complexity index is 1110. The average Bonchev–Trinajstić information content (AvgIpc) is 2.75. The Kier molecular flexibility index (Phi) is 5.97. The first-order valence-corrected chi connectivity index (χ1v) is 9.60. The maximum absolute atomic E-state index is 14.3. The molecule has 1 aromatic carbocycles. The van der Waals surface area contributed by atoms with Gasteiger partial charge in [-0.25, -0.2) is 18.2 Å². The van der Waals surface area contributed by atoms with E-state index in [1.54, 1.807) is 6.07 Å².